The fourth-order valence-electron chi connectivity index (χ4n) is 2.86. The number of benzene rings is 2. The molecule has 2 atom stereocenters. The Hall–Kier alpha value is -2.54. The maximum atomic E-state index is 10.8. The molecule has 0 radical (unpaired) electrons. The van der Waals surface area contributed by atoms with E-state index in [4.69, 9.17) is 10.3 Å². The third-order valence-electron chi connectivity index (χ3n) is 4.26. The van der Waals surface area contributed by atoms with Gasteiger partial charge in [-0.05, 0) is 44.1 Å². The number of aliphatic hydroxyl groups is 1. The highest BCUT2D eigenvalue weighted by molar-refractivity contribution is 5.81. The lowest BCUT2D eigenvalue weighted by Gasteiger charge is -2.24. The lowest BCUT2D eigenvalue weighted by atomic mass is 10.0. The van der Waals surface area contributed by atoms with Gasteiger partial charge in [-0.2, -0.15) is 0 Å². The van der Waals surface area contributed by atoms with Crippen LogP contribution in [0.2, 0.25) is 0 Å². The molecular weight excluding hydrogens is 380 g/mol. The van der Waals surface area contributed by atoms with Crippen molar-refractivity contribution >= 4 is 12.2 Å². The number of likely N-dealkylation sites (N-methyl/N-ethyl adjacent to an activating group) is 1. The lowest BCUT2D eigenvalue weighted by Crippen LogP contribution is -2.48. The van der Waals surface area contributed by atoms with Crippen LogP contribution in [0.5, 0.6) is 0 Å². The number of carbonyl (C=O) groups is 2. The fourth-order valence-corrected chi connectivity index (χ4v) is 2.86. The molecule has 2 aromatic carbocycles. The van der Waals surface area contributed by atoms with Gasteiger partial charge in [0.15, 0.2) is 0 Å². The van der Waals surface area contributed by atoms with Crippen LogP contribution in [0.15, 0.2) is 48.5 Å². The number of hydrogen-bond acceptors (Lipinski definition) is 5. The molecular formula is C24H36N2O4. The van der Waals surface area contributed by atoms with Crippen molar-refractivity contribution in [3.63, 3.8) is 0 Å². The zero-order chi connectivity index (χ0) is 23.1. The molecule has 2 unspecified atom stereocenters. The lowest BCUT2D eigenvalue weighted by molar-refractivity contribution is -0.137. The number of carbonyl (C=O) groups excluding carboxylic acids is 2. The molecule has 0 aliphatic heterocycles. The Balaban J connectivity index is 0.000000565. The van der Waals surface area contributed by atoms with Gasteiger partial charge in [0.2, 0.25) is 0 Å². The van der Waals surface area contributed by atoms with E-state index in [1.807, 2.05) is 38.1 Å². The molecule has 0 saturated heterocycles. The van der Waals surface area contributed by atoms with E-state index in [0.717, 1.165) is 23.8 Å². The maximum Gasteiger partial charge on any atom is 0.263 e. The summed E-state index contributed by atoms with van der Waals surface area (Å²) in [5.74, 6) is -0.606. The van der Waals surface area contributed by atoms with Crippen molar-refractivity contribution in [2.24, 2.45) is 0 Å². The first kappa shape index (κ1) is 27.5. The van der Waals surface area contributed by atoms with Gasteiger partial charge in [-0.1, -0.05) is 75.7 Å². The van der Waals surface area contributed by atoms with E-state index in [-0.39, 0.29) is 0 Å². The monoisotopic (exact) mass is 416 g/mol. The first-order valence-electron chi connectivity index (χ1n) is 10.3. The molecule has 6 heteroatoms. The Morgan fingerprint density at radius 1 is 1.03 bits per heavy atom. The number of nitrogens with one attached hydrogen (secondary N) is 1. The average Bonchev–Trinajstić information content (AvgIpc) is 2.76. The molecule has 2 rings (SSSR count). The number of hydroxylamine groups is 1. The minimum absolute atomic E-state index is 0.606. The van der Waals surface area contributed by atoms with E-state index < -0.39 is 18.1 Å². The quantitative estimate of drug-likeness (QED) is 0.361. The Labute approximate surface area is 180 Å². The van der Waals surface area contributed by atoms with Crippen LogP contribution < -0.4 is 5.48 Å². The van der Waals surface area contributed by atoms with Crippen molar-refractivity contribution in [2.75, 3.05) is 14.1 Å². The second-order valence-electron chi connectivity index (χ2n) is 6.81. The molecule has 0 aromatic heterocycles. The first-order chi connectivity index (χ1) is 14.3. The van der Waals surface area contributed by atoms with Crippen LogP contribution in [0, 0.1) is 0 Å². The van der Waals surface area contributed by atoms with Crippen molar-refractivity contribution < 1.29 is 19.9 Å². The highest BCUT2D eigenvalue weighted by atomic mass is 16.5. The summed E-state index contributed by atoms with van der Waals surface area (Å²) in [6.45, 7) is 7.67. The molecule has 1 amide bonds. The van der Waals surface area contributed by atoms with E-state index >= 15 is 0 Å². The predicted molar refractivity (Wildman–Crippen MR) is 122 cm³/mol. The van der Waals surface area contributed by atoms with Crippen molar-refractivity contribution in [3.05, 3.63) is 59.7 Å². The number of amides is 1. The minimum Gasteiger partial charge on any atom is -0.391 e. The van der Waals surface area contributed by atoms with Gasteiger partial charge in [-0.15, -0.1) is 0 Å². The summed E-state index contributed by atoms with van der Waals surface area (Å²) < 4.78 is 0. The molecule has 0 aliphatic rings. The summed E-state index contributed by atoms with van der Waals surface area (Å²) >= 11 is 0. The van der Waals surface area contributed by atoms with Gasteiger partial charge in [0.1, 0.15) is 12.3 Å². The van der Waals surface area contributed by atoms with Crippen LogP contribution in [-0.4, -0.2) is 53.6 Å². The average molecular weight is 417 g/mol. The van der Waals surface area contributed by atoms with Gasteiger partial charge in [0.05, 0.1) is 6.10 Å². The van der Waals surface area contributed by atoms with Gasteiger partial charge < -0.3 is 5.11 Å². The Morgan fingerprint density at radius 2 is 1.50 bits per heavy atom. The summed E-state index contributed by atoms with van der Waals surface area (Å²) in [4.78, 5) is 22.9. The van der Waals surface area contributed by atoms with Crippen LogP contribution in [0.1, 0.15) is 50.0 Å². The number of rotatable bonds is 7. The third kappa shape index (κ3) is 9.31. The van der Waals surface area contributed by atoms with Gasteiger partial charge in [-0.3, -0.25) is 19.7 Å². The van der Waals surface area contributed by atoms with Gasteiger partial charge in [0.25, 0.3) is 5.91 Å². The molecule has 30 heavy (non-hydrogen) atoms. The second kappa shape index (κ2) is 15.3. The van der Waals surface area contributed by atoms with E-state index in [1.54, 1.807) is 14.1 Å². The molecule has 0 aliphatic carbocycles. The Kier molecular flexibility index (Phi) is 14.0. The van der Waals surface area contributed by atoms with Crippen molar-refractivity contribution in [2.45, 2.75) is 52.7 Å². The number of hydrogen-bond donors (Lipinski definition) is 3. The molecule has 0 spiro atoms. The summed E-state index contributed by atoms with van der Waals surface area (Å²) in [5, 5.41) is 17.3. The molecule has 3 N–H and O–H groups in total. The van der Waals surface area contributed by atoms with Crippen molar-refractivity contribution in [1.29, 1.82) is 0 Å². The van der Waals surface area contributed by atoms with E-state index in [2.05, 4.69) is 31.2 Å². The van der Waals surface area contributed by atoms with E-state index in [9.17, 15) is 9.59 Å². The first-order valence-corrected chi connectivity index (χ1v) is 10.3. The SMILES string of the molecule is CC.CC(O)C(C(=O)NO)N(C)C.CCCc1ccc(-c2ccc(C=O)cc2)cc1. The summed E-state index contributed by atoms with van der Waals surface area (Å²) in [6, 6.07) is 15.6. The number of aldehydes is 1. The Bertz CT molecular complexity index is 718. The van der Waals surface area contributed by atoms with Crippen LogP contribution in [-0.2, 0) is 11.2 Å². The second-order valence-corrected chi connectivity index (χ2v) is 6.81. The molecule has 0 fully saturated rings. The highest BCUT2D eigenvalue weighted by Gasteiger charge is 2.24. The highest BCUT2D eigenvalue weighted by Crippen LogP contribution is 2.20. The van der Waals surface area contributed by atoms with Crippen LogP contribution >= 0.6 is 0 Å². The van der Waals surface area contributed by atoms with Crippen molar-refractivity contribution in [3.8, 4) is 11.1 Å². The van der Waals surface area contributed by atoms with Gasteiger partial charge in [0, 0.05) is 5.56 Å². The molecule has 6 nitrogen and oxygen atoms in total. The Morgan fingerprint density at radius 3 is 1.80 bits per heavy atom. The zero-order valence-corrected chi connectivity index (χ0v) is 18.9. The molecule has 0 bridgehead atoms. The topological polar surface area (TPSA) is 89.9 Å². The summed E-state index contributed by atoms with van der Waals surface area (Å²) in [7, 11) is 3.29. The standard InChI is InChI=1S/C16H16O.C6H14N2O3.C2H6/c1-2-3-13-4-8-15(9-5-13)16-10-6-14(12-17)7-11-16;1-4(9)5(8(2)3)6(10)7-11;1-2/h4-12H,2-3H2,1H3;4-5,9,11H,1-3H3,(H,7,10);1-2H3. The maximum absolute atomic E-state index is 10.8. The van der Waals surface area contributed by atoms with Crippen LogP contribution in [0.4, 0.5) is 0 Å². The van der Waals surface area contributed by atoms with Crippen LogP contribution in [0.3, 0.4) is 0 Å². The fraction of sp³-hybridized carbons (Fsp3) is 0.417. The third-order valence-corrected chi connectivity index (χ3v) is 4.26. The number of aryl methyl sites for hydroxylation is 1. The summed E-state index contributed by atoms with van der Waals surface area (Å²) in [6.07, 6.45) is 2.36. The molecule has 0 saturated carbocycles. The van der Waals surface area contributed by atoms with Gasteiger partial charge >= 0.3 is 0 Å². The van der Waals surface area contributed by atoms with Crippen molar-refractivity contribution in [1.82, 2.24) is 10.4 Å². The van der Waals surface area contributed by atoms with Gasteiger partial charge in [-0.25, -0.2) is 5.48 Å². The number of nitrogens with zero attached hydrogens (tertiary/aromatic N) is 1. The predicted octanol–water partition coefficient (Wildman–Crippen LogP) is 3.95. The molecule has 166 valence electrons. The largest absolute Gasteiger partial charge is 0.391 e. The van der Waals surface area contributed by atoms with E-state index in [1.165, 1.54) is 34.9 Å². The molecule has 2 aromatic rings. The van der Waals surface area contributed by atoms with Crippen LogP contribution in [0.25, 0.3) is 11.1 Å². The molecule has 0 heterocycles. The smallest absolute Gasteiger partial charge is 0.263 e. The normalized spacial score (nSPS) is 11.9. The summed E-state index contributed by atoms with van der Waals surface area (Å²) in [5.41, 5.74) is 5.93. The van der Waals surface area contributed by atoms with E-state index in [0.29, 0.717) is 0 Å². The minimum atomic E-state index is -0.808. The number of aliphatic hydroxyl groups excluding tert-OH is 1. The zero-order valence-electron chi connectivity index (χ0n) is 18.9.